The Morgan fingerprint density at radius 3 is 2.25 bits per heavy atom. The number of rotatable bonds is 2. The normalized spacial score (nSPS) is 12.6. The Morgan fingerprint density at radius 2 is 1.88 bits per heavy atom. The second-order valence-electron chi connectivity index (χ2n) is 2.79. The number of hydrogen-bond donors (Lipinski definition) is 0. The number of aromatic nitrogens is 3. The fourth-order valence-corrected chi connectivity index (χ4v) is 0.991. The first-order chi connectivity index (χ1) is 7.25. The first-order valence-corrected chi connectivity index (χ1v) is 4.04. The zero-order chi connectivity index (χ0) is 12.6. The van der Waals surface area contributed by atoms with Crippen molar-refractivity contribution in [3.8, 4) is 6.07 Å². The van der Waals surface area contributed by atoms with Gasteiger partial charge in [0.05, 0.1) is 0 Å². The van der Waals surface area contributed by atoms with E-state index in [2.05, 4.69) is 10.3 Å². The van der Waals surface area contributed by atoms with Crippen LogP contribution in [0.25, 0.3) is 0 Å². The van der Waals surface area contributed by atoms with Crippen molar-refractivity contribution in [2.24, 2.45) is 0 Å². The Labute approximate surface area is 86.3 Å². The lowest BCUT2D eigenvalue weighted by Gasteiger charge is -2.16. The van der Waals surface area contributed by atoms with Crippen LogP contribution in [0.5, 0.6) is 0 Å². The Morgan fingerprint density at radius 1 is 1.31 bits per heavy atom. The molecule has 1 rings (SSSR count). The topological polar surface area (TPSA) is 54.5 Å². The molecule has 0 saturated heterocycles. The largest absolute Gasteiger partial charge is 0.459 e. The van der Waals surface area contributed by atoms with Crippen LogP contribution < -0.4 is 0 Å². The van der Waals surface area contributed by atoms with Gasteiger partial charge < -0.3 is 0 Å². The number of aryl methyl sites for hydroxylation is 1. The predicted octanol–water partition coefficient (Wildman–Crippen LogP) is 1.82. The Bertz CT molecular complexity index is 427. The van der Waals surface area contributed by atoms with Crippen molar-refractivity contribution < 1.29 is 22.0 Å². The highest BCUT2D eigenvalue weighted by molar-refractivity contribution is 5.29. The molecule has 0 N–H and O–H groups in total. The average Bonchev–Trinajstić information content (AvgIpc) is 2.58. The molecule has 0 bridgehead atoms. The summed E-state index contributed by atoms with van der Waals surface area (Å²) in [6.07, 6.45) is -5.80. The molecule has 0 fully saturated rings. The second-order valence-corrected chi connectivity index (χ2v) is 2.79. The van der Waals surface area contributed by atoms with Crippen LogP contribution in [-0.2, 0) is 12.5 Å². The smallest absolute Gasteiger partial charge is 0.234 e. The van der Waals surface area contributed by atoms with E-state index in [1.807, 2.05) is 0 Å². The maximum Gasteiger partial charge on any atom is 0.459 e. The molecule has 0 aliphatic carbocycles. The van der Waals surface area contributed by atoms with E-state index in [-0.39, 0.29) is 6.54 Å². The molecule has 1 aromatic heterocycles. The lowest BCUT2D eigenvalue weighted by atomic mass is 10.2. The lowest BCUT2D eigenvalue weighted by molar-refractivity contribution is -0.291. The first kappa shape index (κ1) is 12.4. The Kier molecular flexibility index (Phi) is 2.85. The van der Waals surface area contributed by atoms with Crippen molar-refractivity contribution in [1.82, 2.24) is 15.0 Å². The van der Waals surface area contributed by atoms with Crippen LogP contribution in [0.3, 0.4) is 0 Å². The summed E-state index contributed by atoms with van der Waals surface area (Å²) >= 11 is 0. The van der Waals surface area contributed by atoms with Crippen LogP contribution in [0.1, 0.15) is 18.3 Å². The fourth-order valence-electron chi connectivity index (χ4n) is 0.991. The summed E-state index contributed by atoms with van der Waals surface area (Å²) in [6, 6.07) is 1.23. The van der Waals surface area contributed by atoms with Gasteiger partial charge in [0, 0.05) is 6.54 Å². The summed E-state index contributed by atoms with van der Waals surface area (Å²) in [7, 11) is 0. The van der Waals surface area contributed by atoms with E-state index in [4.69, 9.17) is 5.26 Å². The van der Waals surface area contributed by atoms with Crippen LogP contribution in [0.4, 0.5) is 22.0 Å². The van der Waals surface area contributed by atoms with E-state index >= 15 is 0 Å². The van der Waals surface area contributed by atoms with Crippen molar-refractivity contribution in [1.29, 1.82) is 5.26 Å². The molecular formula is C7H5F5N4. The number of halogens is 5. The molecule has 9 heteroatoms. The van der Waals surface area contributed by atoms with Crippen molar-refractivity contribution >= 4 is 0 Å². The zero-order valence-corrected chi connectivity index (χ0v) is 7.89. The van der Waals surface area contributed by atoms with E-state index in [0.29, 0.717) is 4.68 Å². The fraction of sp³-hybridized carbons (Fsp3) is 0.571. The minimum Gasteiger partial charge on any atom is -0.234 e. The SMILES string of the molecule is CCn1nnc(C(F)(F)C(F)(F)F)c1C#N. The van der Waals surface area contributed by atoms with Gasteiger partial charge in [0.1, 0.15) is 6.07 Å². The summed E-state index contributed by atoms with van der Waals surface area (Å²) in [6.45, 7) is 1.41. The van der Waals surface area contributed by atoms with Crippen LogP contribution in [0.15, 0.2) is 0 Å². The summed E-state index contributed by atoms with van der Waals surface area (Å²) in [5, 5.41) is 14.3. The van der Waals surface area contributed by atoms with E-state index in [1.54, 1.807) is 0 Å². The van der Waals surface area contributed by atoms with E-state index in [1.165, 1.54) is 13.0 Å². The molecule has 0 aromatic carbocycles. The zero-order valence-electron chi connectivity index (χ0n) is 7.89. The molecule has 0 unspecified atom stereocenters. The van der Waals surface area contributed by atoms with Gasteiger partial charge in [0.15, 0.2) is 11.4 Å². The molecule has 0 saturated carbocycles. The molecule has 4 nitrogen and oxygen atoms in total. The minimum absolute atomic E-state index is 0.0240. The highest BCUT2D eigenvalue weighted by Crippen LogP contribution is 2.43. The molecule has 0 aliphatic heterocycles. The third-order valence-corrected chi connectivity index (χ3v) is 1.79. The minimum atomic E-state index is -5.80. The van der Waals surface area contributed by atoms with Crippen molar-refractivity contribution in [3.63, 3.8) is 0 Å². The van der Waals surface area contributed by atoms with E-state index in [9.17, 15) is 22.0 Å². The molecule has 1 heterocycles. The third-order valence-electron chi connectivity index (χ3n) is 1.79. The predicted molar refractivity (Wildman–Crippen MR) is 40.4 cm³/mol. The molecule has 0 spiro atoms. The highest BCUT2D eigenvalue weighted by Gasteiger charge is 2.62. The average molecular weight is 240 g/mol. The molecule has 16 heavy (non-hydrogen) atoms. The van der Waals surface area contributed by atoms with Gasteiger partial charge in [-0.2, -0.15) is 27.2 Å². The lowest BCUT2D eigenvalue weighted by Crippen LogP contribution is -2.34. The molecule has 0 amide bonds. The van der Waals surface area contributed by atoms with Gasteiger partial charge in [-0.1, -0.05) is 5.21 Å². The van der Waals surface area contributed by atoms with Gasteiger partial charge in [-0.25, -0.2) is 4.68 Å². The Balaban J connectivity index is 3.35. The van der Waals surface area contributed by atoms with E-state index in [0.717, 1.165) is 0 Å². The standard InChI is InChI=1S/C7H5F5N4/c1-2-16-4(3-13)5(14-15-16)6(8,9)7(10,11)12/h2H2,1H3. The van der Waals surface area contributed by atoms with Crippen molar-refractivity contribution in [2.75, 3.05) is 0 Å². The second kappa shape index (κ2) is 3.70. The molecule has 0 radical (unpaired) electrons. The summed E-state index contributed by atoms with van der Waals surface area (Å²) in [5.74, 6) is -5.18. The molecule has 88 valence electrons. The number of hydrogen-bond acceptors (Lipinski definition) is 3. The summed E-state index contributed by atoms with van der Waals surface area (Å²) in [4.78, 5) is 0. The van der Waals surface area contributed by atoms with Crippen molar-refractivity contribution in [2.45, 2.75) is 25.6 Å². The summed E-state index contributed by atoms with van der Waals surface area (Å²) < 4.78 is 62.4. The number of nitriles is 1. The maximum atomic E-state index is 12.9. The quantitative estimate of drug-likeness (QED) is 0.741. The Hall–Kier alpha value is -1.72. The van der Waals surface area contributed by atoms with Gasteiger partial charge in [0.2, 0.25) is 0 Å². The van der Waals surface area contributed by atoms with Gasteiger partial charge in [-0.3, -0.25) is 0 Å². The number of nitrogens with zero attached hydrogens (tertiary/aromatic N) is 4. The first-order valence-electron chi connectivity index (χ1n) is 4.04. The van der Waals surface area contributed by atoms with Crippen LogP contribution in [-0.4, -0.2) is 21.2 Å². The van der Waals surface area contributed by atoms with Crippen LogP contribution in [0, 0.1) is 11.3 Å². The third kappa shape index (κ3) is 1.70. The molecule has 0 atom stereocenters. The van der Waals surface area contributed by atoms with Gasteiger partial charge >= 0.3 is 12.1 Å². The number of alkyl halides is 5. The van der Waals surface area contributed by atoms with Crippen LogP contribution >= 0.6 is 0 Å². The van der Waals surface area contributed by atoms with Crippen molar-refractivity contribution in [3.05, 3.63) is 11.4 Å². The monoisotopic (exact) mass is 240 g/mol. The van der Waals surface area contributed by atoms with Gasteiger partial charge in [0.25, 0.3) is 0 Å². The van der Waals surface area contributed by atoms with Crippen LogP contribution in [0.2, 0.25) is 0 Å². The molecule has 0 aliphatic rings. The molecular weight excluding hydrogens is 235 g/mol. The van der Waals surface area contributed by atoms with Gasteiger partial charge in [-0.05, 0) is 6.92 Å². The molecule has 1 aromatic rings. The maximum absolute atomic E-state index is 12.9. The summed E-state index contributed by atoms with van der Waals surface area (Å²) in [5.41, 5.74) is -2.55. The van der Waals surface area contributed by atoms with E-state index < -0.39 is 23.5 Å². The van der Waals surface area contributed by atoms with Gasteiger partial charge in [-0.15, -0.1) is 5.10 Å². The highest BCUT2D eigenvalue weighted by atomic mass is 19.4.